The van der Waals surface area contributed by atoms with Crippen LogP contribution in [0.5, 0.6) is 11.5 Å². The van der Waals surface area contributed by atoms with Gasteiger partial charge < -0.3 is 24.6 Å². The standard InChI is InChI=1S/C24H28F3NO2.C2H2O4/c1-4-6-17-9-10-22(23(13-17)29-3)30-16-19-15-28(2)12-11-21(19)18-7-5-8-20(14-18)24(25,26)27;3-1(4)2(5)6/h4-5,7-10,13-14,19,21H,1,6,11-12,15-16H2,2-3H3;(H,3,4)(H,5,6). The number of carboxylic acids is 2. The molecule has 0 amide bonds. The van der Waals surface area contributed by atoms with Crippen LogP contribution in [-0.2, 0) is 22.2 Å². The number of hydrogen-bond donors (Lipinski definition) is 2. The Kier molecular flexibility index (Phi) is 10.3. The molecule has 2 unspecified atom stereocenters. The smallest absolute Gasteiger partial charge is 0.416 e. The van der Waals surface area contributed by atoms with Crippen LogP contribution < -0.4 is 9.47 Å². The van der Waals surface area contributed by atoms with Gasteiger partial charge in [-0.05, 0) is 61.7 Å². The monoisotopic (exact) mass is 509 g/mol. The molecule has 0 radical (unpaired) electrons. The highest BCUT2D eigenvalue weighted by molar-refractivity contribution is 6.27. The summed E-state index contributed by atoms with van der Waals surface area (Å²) < 4.78 is 51.1. The Labute approximate surface area is 207 Å². The second-order valence-corrected chi connectivity index (χ2v) is 8.44. The maximum absolute atomic E-state index is 13.2. The summed E-state index contributed by atoms with van der Waals surface area (Å²) in [7, 11) is 3.62. The Morgan fingerprint density at radius 3 is 2.42 bits per heavy atom. The minimum Gasteiger partial charge on any atom is -0.493 e. The van der Waals surface area contributed by atoms with Crippen molar-refractivity contribution in [1.29, 1.82) is 0 Å². The van der Waals surface area contributed by atoms with E-state index in [0.717, 1.165) is 43.1 Å². The molecule has 1 aliphatic rings. The molecule has 0 spiro atoms. The van der Waals surface area contributed by atoms with Crippen LogP contribution in [0.1, 0.15) is 29.0 Å². The number of halogens is 3. The predicted molar refractivity (Wildman–Crippen MR) is 127 cm³/mol. The zero-order chi connectivity index (χ0) is 26.9. The number of benzene rings is 2. The first-order valence-corrected chi connectivity index (χ1v) is 11.2. The maximum atomic E-state index is 13.2. The predicted octanol–water partition coefficient (Wildman–Crippen LogP) is 4.71. The molecular formula is C26H30F3NO6. The largest absolute Gasteiger partial charge is 0.493 e. The molecule has 0 bridgehead atoms. The SMILES string of the molecule is C=CCc1ccc(OCC2CN(C)CCC2c2cccc(C(F)(F)F)c2)c(OC)c1.O=C(O)C(=O)O. The van der Waals surface area contributed by atoms with E-state index in [1.807, 2.05) is 31.3 Å². The summed E-state index contributed by atoms with van der Waals surface area (Å²) in [4.78, 5) is 20.4. The summed E-state index contributed by atoms with van der Waals surface area (Å²) in [5.74, 6) is -2.28. The van der Waals surface area contributed by atoms with Gasteiger partial charge in [0.05, 0.1) is 19.3 Å². The lowest BCUT2D eigenvalue weighted by Crippen LogP contribution is -2.39. The van der Waals surface area contributed by atoms with Crippen LogP contribution in [0.2, 0.25) is 0 Å². The van der Waals surface area contributed by atoms with E-state index in [0.29, 0.717) is 18.1 Å². The van der Waals surface area contributed by atoms with E-state index in [2.05, 4.69) is 11.5 Å². The first-order chi connectivity index (χ1) is 17.0. The number of alkyl halides is 3. The third-order valence-corrected chi connectivity index (χ3v) is 5.82. The summed E-state index contributed by atoms with van der Waals surface area (Å²) in [6, 6.07) is 11.5. The van der Waals surface area contributed by atoms with Crippen LogP contribution in [0.3, 0.4) is 0 Å². The third-order valence-electron chi connectivity index (χ3n) is 5.82. The number of carboxylic acid groups (broad SMARTS) is 2. The average molecular weight is 510 g/mol. The zero-order valence-electron chi connectivity index (χ0n) is 20.1. The molecule has 1 saturated heterocycles. The molecule has 2 atom stereocenters. The van der Waals surface area contributed by atoms with Crippen LogP contribution in [0.15, 0.2) is 55.1 Å². The molecule has 0 aromatic heterocycles. The minimum atomic E-state index is -4.34. The van der Waals surface area contributed by atoms with E-state index in [4.69, 9.17) is 29.3 Å². The molecule has 0 aliphatic carbocycles. The van der Waals surface area contributed by atoms with Crippen LogP contribution >= 0.6 is 0 Å². The van der Waals surface area contributed by atoms with Gasteiger partial charge in [-0.3, -0.25) is 0 Å². The second-order valence-electron chi connectivity index (χ2n) is 8.44. The molecule has 10 heteroatoms. The number of aliphatic carboxylic acids is 2. The van der Waals surface area contributed by atoms with Crippen molar-refractivity contribution in [3.05, 3.63) is 71.8 Å². The Balaban J connectivity index is 0.000000678. The molecular weight excluding hydrogens is 479 g/mol. The molecule has 1 fully saturated rings. The summed E-state index contributed by atoms with van der Waals surface area (Å²) >= 11 is 0. The van der Waals surface area contributed by atoms with Gasteiger partial charge in [-0.1, -0.05) is 30.3 Å². The molecule has 1 heterocycles. The number of methoxy groups -OCH3 is 1. The fourth-order valence-electron chi connectivity index (χ4n) is 4.09. The van der Waals surface area contributed by atoms with Crippen LogP contribution in [0.25, 0.3) is 0 Å². The maximum Gasteiger partial charge on any atom is 0.416 e. The van der Waals surface area contributed by atoms with E-state index in [1.54, 1.807) is 13.2 Å². The van der Waals surface area contributed by atoms with Gasteiger partial charge in [-0.25, -0.2) is 9.59 Å². The Morgan fingerprint density at radius 2 is 1.83 bits per heavy atom. The second kappa shape index (κ2) is 13.0. The fraction of sp³-hybridized carbons (Fsp3) is 0.385. The lowest BCUT2D eigenvalue weighted by molar-refractivity contribution is -0.159. The Hall–Kier alpha value is -3.53. The van der Waals surface area contributed by atoms with Crippen molar-refractivity contribution in [2.45, 2.75) is 24.9 Å². The molecule has 1 aliphatic heterocycles. The van der Waals surface area contributed by atoms with Crippen molar-refractivity contribution in [2.75, 3.05) is 33.9 Å². The fourth-order valence-corrected chi connectivity index (χ4v) is 4.09. The number of carbonyl (C=O) groups is 2. The van der Waals surface area contributed by atoms with Gasteiger partial charge in [0.25, 0.3) is 0 Å². The molecule has 2 aromatic carbocycles. The summed E-state index contributed by atoms with van der Waals surface area (Å²) in [5, 5.41) is 14.8. The van der Waals surface area contributed by atoms with Gasteiger partial charge in [0, 0.05) is 12.5 Å². The van der Waals surface area contributed by atoms with Gasteiger partial charge in [-0.15, -0.1) is 6.58 Å². The molecule has 2 N–H and O–H groups in total. The molecule has 2 aromatic rings. The van der Waals surface area contributed by atoms with Crippen LogP contribution in [0, 0.1) is 5.92 Å². The quantitative estimate of drug-likeness (QED) is 0.412. The van der Waals surface area contributed by atoms with Crippen LogP contribution in [-0.4, -0.2) is 60.9 Å². The van der Waals surface area contributed by atoms with Crippen molar-refractivity contribution >= 4 is 11.9 Å². The summed E-state index contributed by atoms with van der Waals surface area (Å²) in [6.45, 7) is 5.76. The lowest BCUT2D eigenvalue weighted by atomic mass is 9.80. The number of hydrogen-bond acceptors (Lipinski definition) is 5. The minimum absolute atomic E-state index is 0.00883. The Morgan fingerprint density at radius 1 is 1.14 bits per heavy atom. The van der Waals surface area contributed by atoms with E-state index in [-0.39, 0.29) is 11.8 Å². The van der Waals surface area contributed by atoms with Crippen LogP contribution in [0.4, 0.5) is 13.2 Å². The third kappa shape index (κ3) is 8.30. The number of allylic oxidation sites excluding steroid dienone is 1. The number of nitrogens with zero attached hydrogens (tertiary/aromatic N) is 1. The van der Waals surface area contributed by atoms with E-state index in [9.17, 15) is 13.2 Å². The molecule has 7 nitrogen and oxygen atoms in total. The molecule has 3 rings (SSSR count). The van der Waals surface area contributed by atoms with Gasteiger partial charge in [0.1, 0.15) is 0 Å². The average Bonchev–Trinajstić information content (AvgIpc) is 2.83. The number of rotatable bonds is 7. The van der Waals surface area contributed by atoms with E-state index >= 15 is 0 Å². The number of likely N-dealkylation sites (tertiary alicyclic amines) is 1. The van der Waals surface area contributed by atoms with E-state index < -0.39 is 23.7 Å². The van der Waals surface area contributed by atoms with Gasteiger partial charge in [0.15, 0.2) is 11.5 Å². The highest BCUT2D eigenvalue weighted by atomic mass is 19.4. The van der Waals surface area contributed by atoms with Crippen molar-refractivity contribution < 1.29 is 42.4 Å². The van der Waals surface area contributed by atoms with Gasteiger partial charge >= 0.3 is 18.1 Å². The van der Waals surface area contributed by atoms with Crippen molar-refractivity contribution in [3.63, 3.8) is 0 Å². The normalized spacial score (nSPS) is 17.9. The highest BCUT2D eigenvalue weighted by Gasteiger charge is 2.34. The van der Waals surface area contributed by atoms with Crippen molar-refractivity contribution in [2.24, 2.45) is 5.92 Å². The first-order valence-electron chi connectivity index (χ1n) is 11.2. The molecule has 0 saturated carbocycles. The van der Waals surface area contributed by atoms with Crippen molar-refractivity contribution in [3.8, 4) is 11.5 Å². The lowest BCUT2D eigenvalue weighted by Gasteiger charge is -2.37. The molecule has 196 valence electrons. The summed E-state index contributed by atoms with van der Waals surface area (Å²) in [6.07, 6.45) is -0.982. The van der Waals surface area contributed by atoms with Gasteiger partial charge in [-0.2, -0.15) is 13.2 Å². The number of ether oxygens (including phenoxy) is 2. The Bertz CT molecular complexity index is 1040. The summed E-state index contributed by atoms with van der Waals surface area (Å²) in [5.41, 5.74) is 1.20. The number of piperidine rings is 1. The first kappa shape index (κ1) is 28.7. The van der Waals surface area contributed by atoms with Gasteiger partial charge in [0.2, 0.25) is 0 Å². The topological polar surface area (TPSA) is 96.3 Å². The molecule has 36 heavy (non-hydrogen) atoms. The van der Waals surface area contributed by atoms with E-state index in [1.165, 1.54) is 12.1 Å². The van der Waals surface area contributed by atoms with Crippen molar-refractivity contribution in [1.82, 2.24) is 4.90 Å². The highest BCUT2D eigenvalue weighted by Crippen LogP contribution is 2.37. The zero-order valence-corrected chi connectivity index (χ0v) is 20.1.